The van der Waals surface area contributed by atoms with Gasteiger partial charge in [-0.3, -0.25) is 0 Å². The van der Waals surface area contributed by atoms with Crippen molar-refractivity contribution in [3.63, 3.8) is 0 Å². The van der Waals surface area contributed by atoms with Gasteiger partial charge < -0.3 is 15.8 Å². The first-order chi connectivity index (χ1) is 9.56. The molecule has 0 aliphatic carbocycles. The molecule has 0 bridgehead atoms. The zero-order valence-electron chi connectivity index (χ0n) is 12.6. The standard InChI is InChI=1S/C15H24N4O/c1-4-12-6-5-7-19(9-12)15-13(14(16)18-20)10(2)8-11(3)17-15/h8,12,20H,4-7,9H2,1-3H3,(H2,16,18). The quantitative estimate of drug-likeness (QED) is 0.385. The normalized spacial score (nSPS) is 20.2. The van der Waals surface area contributed by atoms with E-state index in [1.165, 1.54) is 19.3 Å². The zero-order chi connectivity index (χ0) is 14.7. The smallest absolute Gasteiger partial charge is 0.174 e. The summed E-state index contributed by atoms with van der Waals surface area (Å²) in [6.45, 7) is 8.17. The summed E-state index contributed by atoms with van der Waals surface area (Å²) in [5.41, 5.74) is 8.58. The number of aromatic nitrogens is 1. The summed E-state index contributed by atoms with van der Waals surface area (Å²) < 4.78 is 0. The first kappa shape index (κ1) is 14.6. The van der Waals surface area contributed by atoms with Crippen LogP contribution in [0.4, 0.5) is 5.82 Å². The van der Waals surface area contributed by atoms with Gasteiger partial charge in [0.05, 0.1) is 5.56 Å². The molecular formula is C15H24N4O. The van der Waals surface area contributed by atoms with Gasteiger partial charge in [0, 0.05) is 18.8 Å². The molecule has 1 aliphatic heterocycles. The number of rotatable bonds is 3. The molecule has 110 valence electrons. The maximum absolute atomic E-state index is 9.02. The maximum atomic E-state index is 9.02. The van der Waals surface area contributed by atoms with Crippen LogP contribution >= 0.6 is 0 Å². The number of pyridine rings is 1. The fourth-order valence-corrected chi connectivity index (χ4v) is 3.00. The van der Waals surface area contributed by atoms with Gasteiger partial charge in [-0.25, -0.2) is 4.98 Å². The number of amidine groups is 1. The molecule has 5 nitrogen and oxygen atoms in total. The minimum Gasteiger partial charge on any atom is -0.409 e. The largest absolute Gasteiger partial charge is 0.409 e. The van der Waals surface area contributed by atoms with E-state index in [2.05, 4.69) is 22.0 Å². The lowest BCUT2D eigenvalue weighted by Gasteiger charge is -2.34. The molecule has 2 heterocycles. The number of nitrogens with zero attached hydrogens (tertiary/aromatic N) is 3. The van der Waals surface area contributed by atoms with Gasteiger partial charge >= 0.3 is 0 Å². The fraction of sp³-hybridized carbons (Fsp3) is 0.600. The molecular weight excluding hydrogens is 252 g/mol. The Bertz CT molecular complexity index is 513. The second-order valence-corrected chi connectivity index (χ2v) is 5.63. The van der Waals surface area contributed by atoms with Crippen molar-refractivity contribution in [2.24, 2.45) is 16.8 Å². The van der Waals surface area contributed by atoms with Gasteiger partial charge in [-0.05, 0) is 44.2 Å². The molecule has 0 spiro atoms. The third-order valence-corrected chi connectivity index (χ3v) is 4.09. The summed E-state index contributed by atoms with van der Waals surface area (Å²) in [5.74, 6) is 1.70. The predicted molar refractivity (Wildman–Crippen MR) is 81.4 cm³/mol. The number of hydrogen-bond acceptors (Lipinski definition) is 4. The molecule has 0 radical (unpaired) electrons. The highest BCUT2D eigenvalue weighted by molar-refractivity contribution is 6.02. The van der Waals surface area contributed by atoms with Crippen molar-refractivity contribution in [1.82, 2.24) is 4.98 Å². The molecule has 20 heavy (non-hydrogen) atoms. The first-order valence-corrected chi connectivity index (χ1v) is 7.27. The molecule has 0 amide bonds. The third-order valence-electron chi connectivity index (χ3n) is 4.09. The van der Waals surface area contributed by atoms with Crippen LogP contribution in [0.3, 0.4) is 0 Å². The van der Waals surface area contributed by atoms with Crippen LogP contribution in [-0.2, 0) is 0 Å². The fourth-order valence-electron chi connectivity index (χ4n) is 3.00. The lowest BCUT2D eigenvalue weighted by atomic mass is 9.95. The van der Waals surface area contributed by atoms with Crippen LogP contribution in [0.1, 0.15) is 43.0 Å². The van der Waals surface area contributed by atoms with Crippen molar-refractivity contribution in [2.75, 3.05) is 18.0 Å². The molecule has 5 heteroatoms. The average molecular weight is 276 g/mol. The topological polar surface area (TPSA) is 74.7 Å². The second-order valence-electron chi connectivity index (χ2n) is 5.63. The van der Waals surface area contributed by atoms with Gasteiger partial charge in [-0.1, -0.05) is 18.5 Å². The van der Waals surface area contributed by atoms with E-state index in [0.29, 0.717) is 5.92 Å². The molecule has 1 aromatic heterocycles. The van der Waals surface area contributed by atoms with Crippen LogP contribution < -0.4 is 10.6 Å². The number of anilines is 1. The van der Waals surface area contributed by atoms with Crippen molar-refractivity contribution in [3.05, 3.63) is 22.9 Å². The van der Waals surface area contributed by atoms with Crippen molar-refractivity contribution < 1.29 is 5.21 Å². The average Bonchev–Trinajstić information content (AvgIpc) is 2.45. The Morgan fingerprint density at radius 1 is 1.55 bits per heavy atom. The molecule has 3 N–H and O–H groups in total. The zero-order valence-corrected chi connectivity index (χ0v) is 12.6. The van der Waals surface area contributed by atoms with Crippen LogP contribution in [0.25, 0.3) is 0 Å². The van der Waals surface area contributed by atoms with Crippen LogP contribution in [0.2, 0.25) is 0 Å². The summed E-state index contributed by atoms with van der Waals surface area (Å²) in [5, 5.41) is 12.2. The van der Waals surface area contributed by atoms with E-state index < -0.39 is 0 Å². The molecule has 1 atom stereocenters. The second kappa shape index (κ2) is 6.11. The summed E-state index contributed by atoms with van der Waals surface area (Å²) in [4.78, 5) is 6.93. The van der Waals surface area contributed by atoms with Gasteiger partial charge in [-0.2, -0.15) is 0 Å². The van der Waals surface area contributed by atoms with Gasteiger partial charge in [0.25, 0.3) is 0 Å². The van der Waals surface area contributed by atoms with E-state index in [9.17, 15) is 0 Å². The Balaban J connectivity index is 2.44. The minimum atomic E-state index is 0.142. The van der Waals surface area contributed by atoms with Crippen molar-refractivity contribution in [1.29, 1.82) is 0 Å². The van der Waals surface area contributed by atoms with Crippen LogP contribution in [0.15, 0.2) is 11.2 Å². The highest BCUT2D eigenvalue weighted by atomic mass is 16.4. The highest BCUT2D eigenvalue weighted by Crippen LogP contribution is 2.28. The van der Waals surface area contributed by atoms with Crippen LogP contribution in [0.5, 0.6) is 0 Å². The maximum Gasteiger partial charge on any atom is 0.174 e. The van der Waals surface area contributed by atoms with E-state index in [1.54, 1.807) is 0 Å². The SMILES string of the molecule is CCC1CCCN(c2nc(C)cc(C)c2/C(N)=N/O)C1. The Hall–Kier alpha value is -1.78. The Labute approximate surface area is 120 Å². The Morgan fingerprint density at radius 3 is 2.95 bits per heavy atom. The van der Waals surface area contributed by atoms with E-state index in [0.717, 1.165) is 35.7 Å². The van der Waals surface area contributed by atoms with Crippen molar-refractivity contribution >= 4 is 11.7 Å². The van der Waals surface area contributed by atoms with Crippen molar-refractivity contribution in [3.8, 4) is 0 Å². The molecule has 1 fully saturated rings. The molecule has 1 aromatic rings. The van der Waals surface area contributed by atoms with E-state index in [4.69, 9.17) is 10.9 Å². The monoisotopic (exact) mass is 276 g/mol. The highest BCUT2D eigenvalue weighted by Gasteiger charge is 2.24. The summed E-state index contributed by atoms with van der Waals surface area (Å²) in [7, 11) is 0. The molecule has 0 saturated carbocycles. The van der Waals surface area contributed by atoms with Crippen LogP contribution in [0, 0.1) is 19.8 Å². The summed E-state index contributed by atoms with van der Waals surface area (Å²) in [6, 6.07) is 1.97. The number of aryl methyl sites for hydroxylation is 2. The predicted octanol–water partition coefficient (Wildman–Crippen LogP) is 2.42. The molecule has 2 rings (SSSR count). The Kier molecular flexibility index (Phi) is 4.47. The lowest BCUT2D eigenvalue weighted by molar-refractivity contribution is 0.318. The summed E-state index contributed by atoms with van der Waals surface area (Å²) in [6.07, 6.45) is 3.62. The number of piperidine rings is 1. The van der Waals surface area contributed by atoms with E-state index in [1.807, 2.05) is 19.9 Å². The molecule has 1 unspecified atom stereocenters. The van der Waals surface area contributed by atoms with E-state index >= 15 is 0 Å². The lowest BCUT2D eigenvalue weighted by Crippen LogP contribution is -2.37. The third kappa shape index (κ3) is 2.86. The first-order valence-electron chi connectivity index (χ1n) is 7.27. The number of oxime groups is 1. The summed E-state index contributed by atoms with van der Waals surface area (Å²) >= 11 is 0. The van der Waals surface area contributed by atoms with Crippen LogP contribution in [-0.4, -0.2) is 29.1 Å². The van der Waals surface area contributed by atoms with Crippen molar-refractivity contribution in [2.45, 2.75) is 40.0 Å². The number of hydrogen-bond donors (Lipinski definition) is 2. The van der Waals surface area contributed by atoms with Gasteiger partial charge in [-0.15, -0.1) is 0 Å². The number of nitrogens with two attached hydrogens (primary N) is 1. The molecule has 1 aliphatic rings. The minimum absolute atomic E-state index is 0.142. The van der Waals surface area contributed by atoms with Gasteiger partial charge in [0.1, 0.15) is 5.82 Å². The molecule has 0 aromatic carbocycles. The van der Waals surface area contributed by atoms with Gasteiger partial charge in [0.15, 0.2) is 5.84 Å². The molecule has 1 saturated heterocycles. The Morgan fingerprint density at radius 2 is 2.30 bits per heavy atom. The van der Waals surface area contributed by atoms with E-state index in [-0.39, 0.29) is 5.84 Å². The van der Waals surface area contributed by atoms with Gasteiger partial charge in [0.2, 0.25) is 0 Å².